The summed E-state index contributed by atoms with van der Waals surface area (Å²) >= 11 is 0. The number of benzene rings is 1. The molecule has 0 amide bonds. The molecule has 0 unspecified atom stereocenters. The van der Waals surface area contributed by atoms with Crippen LogP contribution in [-0.2, 0) is 11.3 Å². The normalized spacial score (nSPS) is 17.9. The van der Waals surface area contributed by atoms with Crippen molar-refractivity contribution in [3.63, 3.8) is 0 Å². The first-order valence-corrected chi connectivity index (χ1v) is 8.62. The maximum absolute atomic E-state index is 5.95. The number of furan rings is 1. The molecular formula is C20H22N2O3. The largest absolute Gasteiger partial charge is 0.494 e. The van der Waals surface area contributed by atoms with E-state index in [0.717, 1.165) is 42.5 Å². The molecule has 1 fully saturated rings. The van der Waals surface area contributed by atoms with Crippen LogP contribution in [0.1, 0.15) is 24.5 Å². The standard InChI is InChI=1S/C20H22N2O3/c1-2-23-18-7-5-17(6-8-18)21-10-9-16(14-21)20-22(11-13-25-20)15-19-4-3-12-24-19/h3-10,12,14,20H,2,11,13,15H2,1H3/t20-/m1/s1. The lowest BCUT2D eigenvalue weighted by atomic mass is 10.2. The molecule has 1 atom stereocenters. The fourth-order valence-corrected chi connectivity index (χ4v) is 3.18. The van der Waals surface area contributed by atoms with Crippen molar-refractivity contribution in [1.29, 1.82) is 0 Å². The molecule has 5 heteroatoms. The summed E-state index contributed by atoms with van der Waals surface area (Å²) in [6.45, 7) is 5.06. The molecule has 0 saturated carbocycles. The molecule has 1 aromatic carbocycles. The van der Waals surface area contributed by atoms with Crippen LogP contribution in [0.3, 0.4) is 0 Å². The quantitative estimate of drug-likeness (QED) is 0.681. The Morgan fingerprint density at radius 2 is 2.04 bits per heavy atom. The zero-order chi connectivity index (χ0) is 17.1. The van der Waals surface area contributed by atoms with Crippen LogP contribution in [0.4, 0.5) is 0 Å². The maximum Gasteiger partial charge on any atom is 0.138 e. The summed E-state index contributed by atoms with van der Waals surface area (Å²) in [5, 5.41) is 0. The van der Waals surface area contributed by atoms with E-state index in [1.54, 1.807) is 6.26 Å². The molecule has 5 nitrogen and oxygen atoms in total. The second-order valence-electron chi connectivity index (χ2n) is 6.05. The average Bonchev–Trinajstić information content (AvgIpc) is 3.37. The van der Waals surface area contributed by atoms with Gasteiger partial charge in [0.2, 0.25) is 0 Å². The van der Waals surface area contributed by atoms with Crippen LogP contribution in [0.2, 0.25) is 0 Å². The summed E-state index contributed by atoms with van der Waals surface area (Å²) < 4.78 is 19.0. The van der Waals surface area contributed by atoms with Crippen molar-refractivity contribution in [1.82, 2.24) is 9.47 Å². The van der Waals surface area contributed by atoms with Crippen LogP contribution in [0, 0.1) is 0 Å². The van der Waals surface area contributed by atoms with Crippen LogP contribution in [0.5, 0.6) is 5.75 Å². The van der Waals surface area contributed by atoms with Gasteiger partial charge in [-0.2, -0.15) is 0 Å². The smallest absolute Gasteiger partial charge is 0.138 e. The van der Waals surface area contributed by atoms with Gasteiger partial charge < -0.3 is 18.5 Å². The van der Waals surface area contributed by atoms with E-state index in [2.05, 4.69) is 40.1 Å². The highest BCUT2D eigenvalue weighted by molar-refractivity contribution is 5.39. The molecule has 0 bridgehead atoms. The third-order valence-corrected chi connectivity index (χ3v) is 4.37. The highest BCUT2D eigenvalue weighted by atomic mass is 16.5. The highest BCUT2D eigenvalue weighted by Gasteiger charge is 2.28. The van der Waals surface area contributed by atoms with Gasteiger partial charge in [0.05, 0.1) is 26.0 Å². The minimum absolute atomic E-state index is 0.0333. The third-order valence-electron chi connectivity index (χ3n) is 4.37. The Labute approximate surface area is 147 Å². The molecule has 3 aromatic rings. The minimum Gasteiger partial charge on any atom is -0.494 e. The first kappa shape index (κ1) is 16.0. The van der Waals surface area contributed by atoms with E-state index in [-0.39, 0.29) is 6.23 Å². The Bertz CT molecular complexity index is 793. The minimum atomic E-state index is -0.0333. The molecule has 1 aliphatic heterocycles. The lowest BCUT2D eigenvalue weighted by Crippen LogP contribution is -2.22. The van der Waals surface area contributed by atoms with Gasteiger partial charge in [0.1, 0.15) is 17.7 Å². The van der Waals surface area contributed by atoms with Crippen molar-refractivity contribution in [3.05, 3.63) is 72.4 Å². The Kier molecular flexibility index (Phi) is 4.59. The van der Waals surface area contributed by atoms with Crippen LogP contribution in [-0.4, -0.2) is 29.2 Å². The zero-order valence-corrected chi connectivity index (χ0v) is 14.3. The second-order valence-corrected chi connectivity index (χ2v) is 6.05. The van der Waals surface area contributed by atoms with Crippen molar-refractivity contribution in [2.45, 2.75) is 19.7 Å². The fraction of sp³-hybridized carbons (Fsp3) is 0.300. The van der Waals surface area contributed by atoms with E-state index in [4.69, 9.17) is 13.9 Å². The Balaban J connectivity index is 1.50. The second kappa shape index (κ2) is 7.17. The highest BCUT2D eigenvalue weighted by Crippen LogP contribution is 2.29. The topological polar surface area (TPSA) is 39.8 Å². The maximum atomic E-state index is 5.95. The van der Waals surface area contributed by atoms with E-state index >= 15 is 0 Å². The number of hydrogen-bond acceptors (Lipinski definition) is 4. The lowest BCUT2D eigenvalue weighted by molar-refractivity contribution is 0.0258. The monoisotopic (exact) mass is 338 g/mol. The van der Waals surface area contributed by atoms with Crippen molar-refractivity contribution in [2.24, 2.45) is 0 Å². The Morgan fingerprint density at radius 1 is 1.16 bits per heavy atom. The first-order chi connectivity index (χ1) is 12.3. The summed E-state index contributed by atoms with van der Waals surface area (Å²) in [7, 11) is 0. The van der Waals surface area contributed by atoms with Crippen molar-refractivity contribution < 1.29 is 13.9 Å². The van der Waals surface area contributed by atoms with Crippen LogP contribution < -0.4 is 4.74 Å². The number of ether oxygens (including phenoxy) is 2. The van der Waals surface area contributed by atoms with Crippen molar-refractivity contribution in [3.8, 4) is 11.4 Å². The van der Waals surface area contributed by atoms with Gasteiger partial charge in [-0.1, -0.05) is 0 Å². The predicted molar refractivity (Wildman–Crippen MR) is 94.7 cm³/mol. The van der Waals surface area contributed by atoms with Crippen molar-refractivity contribution >= 4 is 0 Å². The molecule has 25 heavy (non-hydrogen) atoms. The molecule has 4 rings (SSSR count). The summed E-state index contributed by atoms with van der Waals surface area (Å²) in [5.41, 5.74) is 2.25. The zero-order valence-electron chi connectivity index (χ0n) is 14.3. The SMILES string of the molecule is CCOc1ccc(-n2ccc([C@H]3OCCN3Cc3ccco3)c2)cc1. The summed E-state index contributed by atoms with van der Waals surface area (Å²) in [5.74, 6) is 1.85. The van der Waals surface area contributed by atoms with Crippen LogP contribution >= 0.6 is 0 Å². The third kappa shape index (κ3) is 3.48. The van der Waals surface area contributed by atoms with Crippen LogP contribution in [0.15, 0.2) is 65.5 Å². The van der Waals surface area contributed by atoms with Gasteiger partial charge in [-0.05, 0) is 49.4 Å². The van der Waals surface area contributed by atoms with E-state index in [0.29, 0.717) is 6.61 Å². The van der Waals surface area contributed by atoms with Gasteiger partial charge in [-0.25, -0.2) is 0 Å². The molecule has 130 valence electrons. The lowest BCUT2D eigenvalue weighted by Gasteiger charge is -2.21. The van der Waals surface area contributed by atoms with Crippen molar-refractivity contribution in [2.75, 3.05) is 19.8 Å². The number of hydrogen-bond donors (Lipinski definition) is 0. The molecule has 2 aromatic heterocycles. The van der Waals surface area contributed by atoms with E-state index in [1.165, 1.54) is 0 Å². The molecule has 0 spiro atoms. The molecule has 0 radical (unpaired) electrons. The predicted octanol–water partition coefficient (Wildman–Crippen LogP) is 4.00. The van der Waals surface area contributed by atoms with Gasteiger partial charge >= 0.3 is 0 Å². The van der Waals surface area contributed by atoms with E-state index in [1.807, 2.05) is 31.2 Å². The Hall–Kier alpha value is -2.50. The van der Waals surface area contributed by atoms with E-state index in [9.17, 15) is 0 Å². The molecular weight excluding hydrogens is 316 g/mol. The number of rotatable bonds is 6. The fourth-order valence-electron chi connectivity index (χ4n) is 3.18. The summed E-state index contributed by atoms with van der Waals surface area (Å²) in [4.78, 5) is 2.29. The first-order valence-electron chi connectivity index (χ1n) is 8.62. The molecule has 1 saturated heterocycles. The number of aromatic nitrogens is 1. The number of nitrogens with zero attached hydrogens (tertiary/aromatic N) is 2. The van der Waals surface area contributed by atoms with Crippen LogP contribution in [0.25, 0.3) is 5.69 Å². The van der Waals surface area contributed by atoms with Gasteiger partial charge in [0, 0.05) is 30.2 Å². The summed E-state index contributed by atoms with van der Waals surface area (Å²) in [6, 6.07) is 14.1. The average molecular weight is 338 g/mol. The van der Waals surface area contributed by atoms with Gasteiger partial charge in [0.25, 0.3) is 0 Å². The molecule has 0 aliphatic carbocycles. The van der Waals surface area contributed by atoms with E-state index < -0.39 is 0 Å². The molecule has 1 aliphatic rings. The Morgan fingerprint density at radius 3 is 2.80 bits per heavy atom. The molecule has 0 N–H and O–H groups in total. The van der Waals surface area contributed by atoms with Gasteiger partial charge in [0.15, 0.2) is 0 Å². The molecule has 3 heterocycles. The van der Waals surface area contributed by atoms with Gasteiger partial charge in [-0.15, -0.1) is 0 Å². The summed E-state index contributed by atoms with van der Waals surface area (Å²) in [6.07, 6.45) is 5.87. The van der Waals surface area contributed by atoms with Gasteiger partial charge in [-0.3, -0.25) is 4.90 Å².